The number of anilines is 1. The van der Waals surface area contributed by atoms with Crippen LogP contribution >= 0.6 is 0 Å². The molecule has 2 rings (SSSR count). The van der Waals surface area contributed by atoms with Gasteiger partial charge in [0.25, 0.3) is 5.91 Å². The summed E-state index contributed by atoms with van der Waals surface area (Å²) in [5, 5.41) is 15.3. The highest BCUT2D eigenvalue weighted by Crippen LogP contribution is 2.29. The monoisotopic (exact) mass is 253 g/mol. The van der Waals surface area contributed by atoms with Gasteiger partial charge in [-0.2, -0.15) is 4.98 Å². The first-order valence-corrected chi connectivity index (χ1v) is 5.68. The zero-order chi connectivity index (χ0) is 13.3. The molecular weight excluding hydrogens is 238 g/mol. The van der Waals surface area contributed by atoms with E-state index in [1.165, 1.54) is 4.90 Å². The molecule has 1 amide bonds. The molecule has 0 radical (unpaired) electrons. The van der Waals surface area contributed by atoms with Crippen molar-refractivity contribution in [1.82, 2.24) is 20.1 Å². The molecule has 98 valence electrons. The minimum absolute atomic E-state index is 0.0260. The van der Waals surface area contributed by atoms with Crippen molar-refractivity contribution in [2.75, 3.05) is 12.3 Å². The van der Waals surface area contributed by atoms with Gasteiger partial charge in [-0.05, 0) is 26.2 Å². The van der Waals surface area contributed by atoms with E-state index in [-0.39, 0.29) is 11.8 Å². The van der Waals surface area contributed by atoms with Gasteiger partial charge in [-0.25, -0.2) is 4.79 Å². The van der Waals surface area contributed by atoms with Gasteiger partial charge in [-0.15, -0.1) is 5.10 Å². The fourth-order valence-electron chi connectivity index (χ4n) is 2.17. The van der Waals surface area contributed by atoms with Gasteiger partial charge in [0.1, 0.15) is 5.54 Å². The number of nitrogens with zero attached hydrogens (tertiary/aromatic N) is 3. The molecule has 1 aliphatic rings. The van der Waals surface area contributed by atoms with E-state index in [1.807, 2.05) is 0 Å². The molecule has 1 aromatic rings. The standard InChI is InChI=1S/C10H15N5O3/c1-10(8(17)18)4-2-3-5-15(10)7(16)6-12-9(11)14-13-6/h2-5H2,1H3,(H,17,18)(H3,11,12,13,14). The van der Waals surface area contributed by atoms with Crippen molar-refractivity contribution in [2.24, 2.45) is 0 Å². The van der Waals surface area contributed by atoms with E-state index in [2.05, 4.69) is 15.2 Å². The van der Waals surface area contributed by atoms with Gasteiger partial charge in [0.2, 0.25) is 11.8 Å². The van der Waals surface area contributed by atoms with E-state index in [0.717, 1.165) is 12.8 Å². The molecule has 8 nitrogen and oxygen atoms in total. The molecule has 1 saturated heterocycles. The van der Waals surface area contributed by atoms with Gasteiger partial charge in [0, 0.05) is 6.54 Å². The number of carbonyl (C=O) groups is 2. The van der Waals surface area contributed by atoms with Gasteiger partial charge < -0.3 is 15.7 Å². The Morgan fingerprint density at radius 3 is 2.78 bits per heavy atom. The zero-order valence-corrected chi connectivity index (χ0v) is 10.0. The Hall–Kier alpha value is -2.12. The van der Waals surface area contributed by atoms with E-state index < -0.39 is 17.4 Å². The van der Waals surface area contributed by atoms with Crippen LogP contribution in [0.5, 0.6) is 0 Å². The summed E-state index contributed by atoms with van der Waals surface area (Å²) in [6, 6.07) is 0. The van der Waals surface area contributed by atoms with Crippen LogP contribution in [-0.2, 0) is 4.79 Å². The number of amides is 1. The van der Waals surface area contributed by atoms with Crippen molar-refractivity contribution in [3.63, 3.8) is 0 Å². The summed E-state index contributed by atoms with van der Waals surface area (Å²) < 4.78 is 0. The Kier molecular flexibility index (Phi) is 2.93. The quantitative estimate of drug-likeness (QED) is 0.673. The van der Waals surface area contributed by atoms with Crippen LogP contribution in [0.25, 0.3) is 0 Å². The summed E-state index contributed by atoms with van der Waals surface area (Å²) in [4.78, 5) is 28.6. The topological polar surface area (TPSA) is 125 Å². The Balaban J connectivity index is 2.30. The van der Waals surface area contributed by atoms with Crippen LogP contribution in [0, 0.1) is 0 Å². The lowest BCUT2D eigenvalue weighted by atomic mass is 9.88. The first kappa shape index (κ1) is 12.3. The lowest BCUT2D eigenvalue weighted by molar-refractivity contribution is -0.150. The first-order chi connectivity index (χ1) is 8.45. The highest BCUT2D eigenvalue weighted by Gasteiger charge is 2.44. The van der Waals surface area contributed by atoms with Crippen LogP contribution in [0.15, 0.2) is 0 Å². The maximum absolute atomic E-state index is 12.2. The van der Waals surface area contributed by atoms with Crippen LogP contribution in [0.3, 0.4) is 0 Å². The first-order valence-electron chi connectivity index (χ1n) is 5.68. The van der Waals surface area contributed by atoms with Crippen molar-refractivity contribution in [3.8, 4) is 0 Å². The number of nitrogens with two attached hydrogens (primary N) is 1. The van der Waals surface area contributed by atoms with E-state index in [1.54, 1.807) is 6.92 Å². The molecule has 4 N–H and O–H groups in total. The molecule has 0 spiro atoms. The summed E-state index contributed by atoms with van der Waals surface area (Å²) in [5.41, 5.74) is 4.14. The van der Waals surface area contributed by atoms with Crippen molar-refractivity contribution in [2.45, 2.75) is 31.7 Å². The number of rotatable bonds is 2. The maximum Gasteiger partial charge on any atom is 0.329 e. The lowest BCUT2D eigenvalue weighted by Crippen LogP contribution is -2.57. The number of aromatic amines is 1. The predicted octanol–water partition coefficient (Wildman–Crippen LogP) is -0.144. The van der Waals surface area contributed by atoms with Crippen molar-refractivity contribution in [1.29, 1.82) is 0 Å². The number of nitrogen functional groups attached to an aromatic ring is 1. The van der Waals surface area contributed by atoms with Crippen LogP contribution in [-0.4, -0.2) is 49.1 Å². The average molecular weight is 253 g/mol. The Morgan fingerprint density at radius 2 is 2.22 bits per heavy atom. The van der Waals surface area contributed by atoms with Gasteiger partial charge in [0.15, 0.2) is 0 Å². The van der Waals surface area contributed by atoms with Gasteiger partial charge in [0.05, 0.1) is 0 Å². The summed E-state index contributed by atoms with van der Waals surface area (Å²) in [7, 11) is 0. The lowest BCUT2D eigenvalue weighted by Gasteiger charge is -2.41. The molecule has 1 aromatic heterocycles. The highest BCUT2D eigenvalue weighted by molar-refractivity contribution is 5.95. The second-order valence-electron chi connectivity index (χ2n) is 4.54. The molecular formula is C10H15N5O3. The third kappa shape index (κ3) is 1.89. The van der Waals surface area contributed by atoms with E-state index in [9.17, 15) is 14.7 Å². The second-order valence-corrected chi connectivity index (χ2v) is 4.54. The number of piperidine rings is 1. The molecule has 1 unspecified atom stereocenters. The predicted molar refractivity (Wildman–Crippen MR) is 61.7 cm³/mol. The molecule has 0 saturated carbocycles. The molecule has 0 aromatic carbocycles. The average Bonchev–Trinajstić information content (AvgIpc) is 2.75. The Bertz CT molecular complexity index is 486. The minimum Gasteiger partial charge on any atom is -0.480 e. The van der Waals surface area contributed by atoms with Crippen LogP contribution in [0.2, 0.25) is 0 Å². The minimum atomic E-state index is -1.20. The maximum atomic E-state index is 12.2. The Labute approximate surface area is 103 Å². The fraction of sp³-hybridized carbons (Fsp3) is 0.600. The normalized spacial score (nSPS) is 23.9. The molecule has 1 aliphatic heterocycles. The number of aromatic nitrogens is 3. The molecule has 0 aliphatic carbocycles. The van der Waals surface area contributed by atoms with Crippen molar-refractivity contribution >= 4 is 17.8 Å². The fourth-order valence-corrected chi connectivity index (χ4v) is 2.17. The van der Waals surface area contributed by atoms with Gasteiger partial charge in [-0.3, -0.25) is 9.89 Å². The molecule has 18 heavy (non-hydrogen) atoms. The SMILES string of the molecule is CC1(C(=O)O)CCCCN1C(=O)c1nc(N)n[nH]1. The third-order valence-corrected chi connectivity index (χ3v) is 3.30. The highest BCUT2D eigenvalue weighted by atomic mass is 16.4. The number of carboxylic acid groups (broad SMARTS) is 1. The number of aliphatic carboxylic acids is 1. The molecule has 0 bridgehead atoms. The van der Waals surface area contributed by atoms with Crippen LogP contribution < -0.4 is 5.73 Å². The number of nitrogens with one attached hydrogen (secondary N) is 1. The summed E-state index contributed by atoms with van der Waals surface area (Å²) >= 11 is 0. The van der Waals surface area contributed by atoms with Gasteiger partial charge in [-0.1, -0.05) is 0 Å². The second kappa shape index (κ2) is 4.28. The van der Waals surface area contributed by atoms with E-state index in [0.29, 0.717) is 13.0 Å². The van der Waals surface area contributed by atoms with Crippen molar-refractivity contribution in [3.05, 3.63) is 5.82 Å². The number of H-pyrrole nitrogens is 1. The number of carbonyl (C=O) groups excluding carboxylic acids is 1. The number of carboxylic acids is 1. The number of hydrogen-bond acceptors (Lipinski definition) is 5. The molecule has 8 heteroatoms. The Morgan fingerprint density at radius 1 is 1.50 bits per heavy atom. The molecule has 2 heterocycles. The summed E-state index contributed by atoms with van der Waals surface area (Å²) in [5.74, 6) is -1.55. The number of likely N-dealkylation sites (tertiary alicyclic amines) is 1. The zero-order valence-electron chi connectivity index (χ0n) is 10.0. The smallest absolute Gasteiger partial charge is 0.329 e. The largest absolute Gasteiger partial charge is 0.480 e. The summed E-state index contributed by atoms with van der Waals surface area (Å²) in [6.07, 6.45) is 1.99. The number of hydrogen-bond donors (Lipinski definition) is 3. The molecule has 1 atom stereocenters. The van der Waals surface area contributed by atoms with Crippen molar-refractivity contribution < 1.29 is 14.7 Å². The van der Waals surface area contributed by atoms with Gasteiger partial charge >= 0.3 is 5.97 Å². The van der Waals surface area contributed by atoms with Crippen LogP contribution in [0.1, 0.15) is 36.8 Å². The third-order valence-electron chi connectivity index (χ3n) is 3.30. The summed E-state index contributed by atoms with van der Waals surface area (Å²) in [6.45, 7) is 1.94. The van der Waals surface area contributed by atoms with E-state index >= 15 is 0 Å². The molecule has 1 fully saturated rings. The van der Waals surface area contributed by atoms with E-state index in [4.69, 9.17) is 5.73 Å². The van der Waals surface area contributed by atoms with Crippen LogP contribution in [0.4, 0.5) is 5.95 Å².